The highest BCUT2D eigenvalue weighted by Gasteiger charge is 2.13. The molecule has 0 saturated carbocycles. The summed E-state index contributed by atoms with van der Waals surface area (Å²) in [6.45, 7) is 4.22. The summed E-state index contributed by atoms with van der Waals surface area (Å²) in [7, 11) is 3.19. The van der Waals surface area contributed by atoms with Crippen LogP contribution >= 0.6 is 0 Å². The summed E-state index contributed by atoms with van der Waals surface area (Å²) >= 11 is 0. The van der Waals surface area contributed by atoms with E-state index in [9.17, 15) is 0 Å². The number of hydrogen-bond acceptors (Lipinski definition) is 4. The standard InChI is InChI=1S/C11H18N2O2/c1-5-8(2)10-12-7-6-9(13-10)11(14-3)15-4/h6-8,11H,5H2,1-4H3. The summed E-state index contributed by atoms with van der Waals surface area (Å²) in [6, 6.07) is 1.81. The molecule has 0 spiro atoms. The van der Waals surface area contributed by atoms with Gasteiger partial charge in [0.2, 0.25) is 6.29 Å². The largest absolute Gasteiger partial charge is 0.350 e. The minimum absolute atomic E-state index is 0.360. The van der Waals surface area contributed by atoms with Crippen LogP contribution in [0.3, 0.4) is 0 Å². The normalized spacial score (nSPS) is 13.1. The van der Waals surface area contributed by atoms with Crippen molar-refractivity contribution in [2.45, 2.75) is 32.5 Å². The molecular weight excluding hydrogens is 192 g/mol. The summed E-state index contributed by atoms with van der Waals surface area (Å²) in [5.41, 5.74) is 0.769. The Labute approximate surface area is 90.7 Å². The van der Waals surface area contributed by atoms with E-state index in [1.807, 2.05) is 6.07 Å². The van der Waals surface area contributed by atoms with Gasteiger partial charge in [-0.15, -0.1) is 0 Å². The van der Waals surface area contributed by atoms with E-state index < -0.39 is 6.29 Å². The van der Waals surface area contributed by atoms with Crippen molar-refractivity contribution >= 4 is 0 Å². The van der Waals surface area contributed by atoms with E-state index in [4.69, 9.17) is 9.47 Å². The number of hydrogen-bond donors (Lipinski definition) is 0. The molecule has 0 amide bonds. The van der Waals surface area contributed by atoms with E-state index in [-0.39, 0.29) is 0 Å². The molecule has 15 heavy (non-hydrogen) atoms. The molecule has 1 atom stereocenters. The first kappa shape index (κ1) is 12.1. The van der Waals surface area contributed by atoms with Crippen molar-refractivity contribution in [1.82, 2.24) is 9.97 Å². The van der Waals surface area contributed by atoms with E-state index in [0.29, 0.717) is 5.92 Å². The number of aromatic nitrogens is 2. The van der Waals surface area contributed by atoms with Gasteiger partial charge in [-0.1, -0.05) is 13.8 Å². The molecule has 0 aliphatic heterocycles. The second kappa shape index (κ2) is 5.78. The molecule has 0 saturated heterocycles. The number of rotatable bonds is 5. The second-order valence-electron chi connectivity index (χ2n) is 3.45. The smallest absolute Gasteiger partial charge is 0.200 e. The predicted molar refractivity (Wildman–Crippen MR) is 57.5 cm³/mol. The summed E-state index contributed by atoms with van der Waals surface area (Å²) < 4.78 is 10.3. The zero-order chi connectivity index (χ0) is 11.3. The fourth-order valence-electron chi connectivity index (χ4n) is 1.28. The Morgan fingerprint density at radius 2 is 2.00 bits per heavy atom. The van der Waals surface area contributed by atoms with E-state index in [1.165, 1.54) is 0 Å². The topological polar surface area (TPSA) is 44.2 Å². The predicted octanol–water partition coefficient (Wildman–Crippen LogP) is 2.28. The van der Waals surface area contributed by atoms with Gasteiger partial charge >= 0.3 is 0 Å². The molecular formula is C11H18N2O2. The quantitative estimate of drug-likeness (QED) is 0.699. The molecule has 4 heteroatoms. The third kappa shape index (κ3) is 2.97. The van der Waals surface area contributed by atoms with Crippen LogP contribution < -0.4 is 0 Å². The fraction of sp³-hybridized carbons (Fsp3) is 0.636. The maximum atomic E-state index is 5.14. The Balaban J connectivity index is 2.91. The van der Waals surface area contributed by atoms with Crippen molar-refractivity contribution in [1.29, 1.82) is 0 Å². The molecule has 1 rings (SSSR count). The molecule has 0 fully saturated rings. The van der Waals surface area contributed by atoms with Crippen LogP contribution in [0.15, 0.2) is 12.3 Å². The van der Waals surface area contributed by atoms with Crippen molar-refractivity contribution < 1.29 is 9.47 Å². The van der Waals surface area contributed by atoms with E-state index in [0.717, 1.165) is 17.9 Å². The van der Waals surface area contributed by atoms with E-state index in [2.05, 4.69) is 23.8 Å². The molecule has 0 N–H and O–H groups in total. The summed E-state index contributed by atoms with van der Waals surface area (Å²) in [5, 5.41) is 0. The van der Waals surface area contributed by atoms with Crippen LogP contribution in [0.25, 0.3) is 0 Å². The third-order valence-electron chi connectivity index (χ3n) is 2.42. The van der Waals surface area contributed by atoms with Gasteiger partial charge in [-0.3, -0.25) is 0 Å². The number of methoxy groups -OCH3 is 2. The van der Waals surface area contributed by atoms with Crippen molar-refractivity contribution in [2.24, 2.45) is 0 Å². The van der Waals surface area contributed by atoms with Crippen molar-refractivity contribution in [3.8, 4) is 0 Å². The molecule has 1 heterocycles. The van der Waals surface area contributed by atoms with Crippen LogP contribution in [0.5, 0.6) is 0 Å². The summed E-state index contributed by atoms with van der Waals surface area (Å²) in [4.78, 5) is 8.66. The van der Waals surface area contributed by atoms with Gasteiger partial charge in [-0.05, 0) is 12.5 Å². The lowest BCUT2D eigenvalue weighted by molar-refractivity contribution is -0.108. The van der Waals surface area contributed by atoms with E-state index >= 15 is 0 Å². The zero-order valence-electron chi connectivity index (χ0n) is 9.73. The Hall–Kier alpha value is -1.00. The lowest BCUT2D eigenvalue weighted by Crippen LogP contribution is -2.09. The Morgan fingerprint density at radius 3 is 2.53 bits per heavy atom. The monoisotopic (exact) mass is 210 g/mol. The van der Waals surface area contributed by atoms with Gasteiger partial charge in [-0.25, -0.2) is 9.97 Å². The first-order valence-corrected chi connectivity index (χ1v) is 5.11. The van der Waals surface area contributed by atoms with Crippen molar-refractivity contribution in [3.05, 3.63) is 23.8 Å². The van der Waals surface area contributed by atoms with Gasteiger partial charge in [0.05, 0.1) is 5.69 Å². The van der Waals surface area contributed by atoms with Crippen LogP contribution in [-0.4, -0.2) is 24.2 Å². The summed E-state index contributed by atoms with van der Waals surface area (Å²) in [6.07, 6.45) is 2.36. The lowest BCUT2D eigenvalue weighted by Gasteiger charge is -2.14. The van der Waals surface area contributed by atoms with Gasteiger partial charge in [0.25, 0.3) is 0 Å². The summed E-state index contributed by atoms with van der Waals surface area (Å²) in [5.74, 6) is 1.20. The zero-order valence-corrected chi connectivity index (χ0v) is 9.73. The highest BCUT2D eigenvalue weighted by atomic mass is 16.7. The van der Waals surface area contributed by atoms with Gasteiger partial charge < -0.3 is 9.47 Å². The van der Waals surface area contributed by atoms with Crippen LogP contribution in [0.2, 0.25) is 0 Å². The maximum absolute atomic E-state index is 5.14. The lowest BCUT2D eigenvalue weighted by atomic mass is 10.1. The fourth-order valence-corrected chi connectivity index (χ4v) is 1.28. The van der Waals surface area contributed by atoms with Crippen molar-refractivity contribution in [3.63, 3.8) is 0 Å². The highest BCUT2D eigenvalue weighted by Crippen LogP contribution is 2.18. The molecule has 0 aliphatic carbocycles. The maximum Gasteiger partial charge on any atom is 0.200 e. The minimum atomic E-state index is -0.407. The first-order chi connectivity index (χ1) is 7.22. The van der Waals surface area contributed by atoms with Crippen molar-refractivity contribution in [2.75, 3.05) is 14.2 Å². The number of nitrogens with zero attached hydrogens (tertiary/aromatic N) is 2. The molecule has 1 unspecified atom stereocenters. The van der Waals surface area contributed by atoms with Crippen LogP contribution in [0.4, 0.5) is 0 Å². The van der Waals surface area contributed by atoms with Gasteiger partial charge in [-0.2, -0.15) is 0 Å². The third-order valence-corrected chi connectivity index (χ3v) is 2.42. The average molecular weight is 210 g/mol. The Morgan fingerprint density at radius 1 is 1.33 bits per heavy atom. The minimum Gasteiger partial charge on any atom is -0.350 e. The molecule has 0 aliphatic rings. The Bertz CT molecular complexity index is 300. The molecule has 1 aromatic heterocycles. The molecule has 1 aromatic rings. The number of ether oxygens (including phenoxy) is 2. The average Bonchev–Trinajstić information content (AvgIpc) is 2.30. The Kier molecular flexibility index (Phi) is 4.65. The van der Waals surface area contributed by atoms with Crippen LogP contribution in [0.1, 0.15) is 44.0 Å². The van der Waals surface area contributed by atoms with E-state index in [1.54, 1.807) is 20.4 Å². The first-order valence-electron chi connectivity index (χ1n) is 5.11. The van der Waals surface area contributed by atoms with Gasteiger partial charge in [0.1, 0.15) is 5.82 Å². The van der Waals surface area contributed by atoms with Gasteiger partial charge in [0, 0.05) is 26.3 Å². The molecule has 0 radical (unpaired) electrons. The molecule has 0 bridgehead atoms. The molecule has 0 aromatic carbocycles. The SMILES string of the molecule is CCC(C)c1nccc(C(OC)OC)n1. The van der Waals surface area contributed by atoms with Crippen LogP contribution in [0, 0.1) is 0 Å². The van der Waals surface area contributed by atoms with Gasteiger partial charge in [0.15, 0.2) is 0 Å². The van der Waals surface area contributed by atoms with Crippen LogP contribution in [-0.2, 0) is 9.47 Å². The molecule has 4 nitrogen and oxygen atoms in total. The molecule has 84 valence electrons. The second-order valence-corrected chi connectivity index (χ2v) is 3.45. The highest BCUT2D eigenvalue weighted by molar-refractivity contribution is 5.06.